The van der Waals surface area contributed by atoms with Crippen LogP contribution in [0.25, 0.3) is 11.5 Å². The number of H-pyrrole nitrogens is 1. The third kappa shape index (κ3) is 3.14. The summed E-state index contributed by atoms with van der Waals surface area (Å²) >= 11 is 0. The molecule has 0 unspecified atom stereocenters. The Morgan fingerprint density at radius 3 is 2.88 bits per heavy atom. The first-order chi connectivity index (χ1) is 12.1. The summed E-state index contributed by atoms with van der Waals surface area (Å²) in [7, 11) is -3.61. The second kappa shape index (κ2) is 6.59. The first-order valence-corrected chi connectivity index (χ1v) is 10.4. The first-order valence-electron chi connectivity index (χ1n) is 8.91. The summed E-state index contributed by atoms with van der Waals surface area (Å²) in [6.07, 6.45) is 4.89. The molecule has 1 N–H and O–H groups in total. The first kappa shape index (κ1) is 16.8. The van der Waals surface area contributed by atoms with Crippen LogP contribution in [0.2, 0.25) is 0 Å². The zero-order valence-electron chi connectivity index (χ0n) is 14.4. The summed E-state index contributed by atoms with van der Waals surface area (Å²) in [6, 6.07) is 5.29. The fourth-order valence-electron chi connectivity index (χ4n) is 4.02. The minimum atomic E-state index is -3.61. The van der Waals surface area contributed by atoms with Gasteiger partial charge in [0.2, 0.25) is 5.09 Å². The molecular formula is C17H24N4O3S. The molecule has 2 aromatic heterocycles. The van der Waals surface area contributed by atoms with E-state index in [1.807, 2.05) is 0 Å². The fraction of sp³-hybridized carbons (Fsp3) is 0.588. The van der Waals surface area contributed by atoms with Gasteiger partial charge in [-0.2, -0.15) is 9.40 Å². The summed E-state index contributed by atoms with van der Waals surface area (Å²) < 4.78 is 33.5. The van der Waals surface area contributed by atoms with E-state index in [2.05, 4.69) is 22.0 Å². The van der Waals surface area contributed by atoms with Crippen LogP contribution in [0.3, 0.4) is 0 Å². The molecular weight excluding hydrogens is 340 g/mol. The van der Waals surface area contributed by atoms with Crippen LogP contribution in [0.4, 0.5) is 0 Å². The summed E-state index contributed by atoms with van der Waals surface area (Å²) in [5, 5.41) is 6.68. The molecule has 2 aromatic rings. The van der Waals surface area contributed by atoms with Crippen molar-refractivity contribution in [2.45, 2.75) is 37.3 Å². The molecule has 8 heteroatoms. The summed E-state index contributed by atoms with van der Waals surface area (Å²) in [5.74, 6) is 0.892. The Labute approximate surface area is 148 Å². The third-order valence-electron chi connectivity index (χ3n) is 5.25. The quantitative estimate of drug-likeness (QED) is 0.879. The highest BCUT2D eigenvalue weighted by Gasteiger charge is 2.40. The van der Waals surface area contributed by atoms with Gasteiger partial charge in [0, 0.05) is 31.9 Å². The summed E-state index contributed by atoms with van der Waals surface area (Å²) in [6.45, 7) is 5.35. The Balaban J connectivity index is 1.58. The van der Waals surface area contributed by atoms with E-state index < -0.39 is 10.0 Å². The molecule has 3 aliphatic heterocycles. The van der Waals surface area contributed by atoms with Gasteiger partial charge in [-0.25, -0.2) is 8.42 Å². The van der Waals surface area contributed by atoms with Gasteiger partial charge in [0.15, 0.2) is 5.76 Å². The minimum absolute atomic E-state index is 0.0143. The minimum Gasteiger partial charge on any atom is -0.442 e. The van der Waals surface area contributed by atoms with E-state index in [9.17, 15) is 8.42 Å². The van der Waals surface area contributed by atoms with E-state index in [0.717, 1.165) is 32.4 Å². The number of hydrogen-bond acceptors (Lipinski definition) is 5. The van der Waals surface area contributed by atoms with Crippen LogP contribution in [0, 0.1) is 5.92 Å². The van der Waals surface area contributed by atoms with Crippen molar-refractivity contribution >= 4 is 10.0 Å². The Morgan fingerprint density at radius 1 is 1.24 bits per heavy atom. The second-order valence-corrected chi connectivity index (χ2v) is 8.87. The standard InChI is InChI=1S/C17H24N4O3S/c1-2-9-20-10-13-3-4-14(20)12-21(11-13)25(22,23)17-6-5-16(24-17)15-7-8-18-19-15/h5-8,13-14H,2-4,9-12H2,1H3,(H,18,19)/t13-,14-/m1/s1. The van der Waals surface area contributed by atoms with E-state index >= 15 is 0 Å². The summed E-state index contributed by atoms with van der Waals surface area (Å²) in [5.41, 5.74) is 0.673. The van der Waals surface area contributed by atoms with Crippen molar-refractivity contribution in [2.75, 3.05) is 26.2 Å². The smallest absolute Gasteiger partial charge is 0.276 e. The van der Waals surface area contributed by atoms with E-state index in [-0.39, 0.29) is 5.09 Å². The van der Waals surface area contributed by atoms with Crippen LogP contribution in [0.1, 0.15) is 26.2 Å². The van der Waals surface area contributed by atoms with Crippen molar-refractivity contribution in [3.63, 3.8) is 0 Å². The van der Waals surface area contributed by atoms with Gasteiger partial charge in [-0.05, 0) is 49.9 Å². The molecule has 5 heterocycles. The average Bonchev–Trinajstić information content (AvgIpc) is 3.21. The number of furan rings is 1. The lowest BCUT2D eigenvalue weighted by Crippen LogP contribution is -2.44. The lowest BCUT2D eigenvalue weighted by molar-refractivity contribution is 0.133. The topological polar surface area (TPSA) is 82.4 Å². The molecule has 3 saturated heterocycles. The number of aromatic amines is 1. The van der Waals surface area contributed by atoms with Crippen LogP contribution in [-0.4, -0.2) is 60.0 Å². The average molecular weight is 364 g/mol. The van der Waals surface area contributed by atoms with Gasteiger partial charge < -0.3 is 4.42 Å². The van der Waals surface area contributed by atoms with Crippen LogP contribution >= 0.6 is 0 Å². The maximum atomic E-state index is 13.1. The molecule has 0 spiro atoms. The maximum absolute atomic E-state index is 13.1. The zero-order valence-corrected chi connectivity index (χ0v) is 15.2. The predicted molar refractivity (Wildman–Crippen MR) is 93.4 cm³/mol. The van der Waals surface area contributed by atoms with E-state index in [1.165, 1.54) is 0 Å². The number of nitrogens with one attached hydrogen (secondary N) is 1. The lowest BCUT2D eigenvalue weighted by atomic mass is 9.95. The van der Waals surface area contributed by atoms with Crippen molar-refractivity contribution in [2.24, 2.45) is 5.92 Å². The van der Waals surface area contributed by atoms with Gasteiger partial charge in [0.1, 0.15) is 5.69 Å². The largest absolute Gasteiger partial charge is 0.442 e. The van der Waals surface area contributed by atoms with Gasteiger partial charge in [-0.1, -0.05) is 6.92 Å². The number of nitrogens with zero attached hydrogens (tertiary/aromatic N) is 3. The second-order valence-electron chi connectivity index (χ2n) is 7.00. The highest BCUT2D eigenvalue weighted by atomic mass is 32.2. The molecule has 0 saturated carbocycles. The SMILES string of the molecule is CCCN1C[C@H]2CC[C@@H]1CN(S(=O)(=O)c1ccc(-c3ccn[nH]3)o1)C2. The van der Waals surface area contributed by atoms with Crippen molar-refractivity contribution in [3.05, 3.63) is 24.4 Å². The number of fused-ring (bicyclic) bond motifs is 4. The molecule has 0 radical (unpaired) electrons. The monoisotopic (exact) mass is 364 g/mol. The van der Waals surface area contributed by atoms with Crippen LogP contribution in [-0.2, 0) is 10.0 Å². The number of piperidine rings is 1. The Bertz CT molecular complexity index is 815. The van der Waals surface area contributed by atoms with Crippen LogP contribution in [0.5, 0.6) is 0 Å². The van der Waals surface area contributed by atoms with Gasteiger partial charge in [-0.15, -0.1) is 0 Å². The van der Waals surface area contributed by atoms with Crippen molar-refractivity contribution < 1.29 is 12.8 Å². The molecule has 0 amide bonds. The molecule has 2 bridgehead atoms. The van der Waals surface area contributed by atoms with Crippen LogP contribution < -0.4 is 0 Å². The van der Waals surface area contributed by atoms with E-state index in [4.69, 9.17) is 4.42 Å². The molecule has 2 atom stereocenters. The Morgan fingerprint density at radius 2 is 2.12 bits per heavy atom. The molecule has 7 nitrogen and oxygen atoms in total. The van der Waals surface area contributed by atoms with Gasteiger partial charge in [-0.3, -0.25) is 10.00 Å². The van der Waals surface area contributed by atoms with Gasteiger partial charge in [0.25, 0.3) is 10.0 Å². The molecule has 3 fully saturated rings. The number of rotatable bonds is 5. The Hall–Kier alpha value is -1.64. The van der Waals surface area contributed by atoms with E-state index in [1.54, 1.807) is 28.7 Å². The molecule has 25 heavy (non-hydrogen) atoms. The lowest BCUT2D eigenvalue weighted by Gasteiger charge is -2.35. The van der Waals surface area contributed by atoms with Gasteiger partial charge >= 0.3 is 0 Å². The third-order valence-corrected chi connectivity index (χ3v) is 6.95. The number of sulfonamides is 1. The van der Waals surface area contributed by atoms with E-state index in [0.29, 0.717) is 36.5 Å². The fourth-order valence-corrected chi connectivity index (χ4v) is 5.48. The van der Waals surface area contributed by atoms with Crippen molar-refractivity contribution in [1.29, 1.82) is 0 Å². The summed E-state index contributed by atoms with van der Waals surface area (Å²) in [4.78, 5) is 2.46. The molecule has 0 aliphatic carbocycles. The molecule has 3 aliphatic rings. The zero-order chi connectivity index (χ0) is 17.4. The molecule has 5 rings (SSSR count). The van der Waals surface area contributed by atoms with Gasteiger partial charge in [0.05, 0.1) is 0 Å². The number of aromatic nitrogens is 2. The Kier molecular flexibility index (Phi) is 4.43. The molecule has 136 valence electrons. The highest BCUT2D eigenvalue weighted by Crippen LogP contribution is 2.32. The van der Waals surface area contributed by atoms with Crippen molar-refractivity contribution in [1.82, 2.24) is 19.4 Å². The highest BCUT2D eigenvalue weighted by molar-refractivity contribution is 7.89. The maximum Gasteiger partial charge on any atom is 0.276 e. The van der Waals surface area contributed by atoms with Crippen molar-refractivity contribution in [3.8, 4) is 11.5 Å². The number of hydrogen-bond donors (Lipinski definition) is 1. The normalized spacial score (nSPS) is 25.3. The predicted octanol–water partition coefficient (Wildman–Crippen LogP) is 2.16. The van der Waals surface area contributed by atoms with Crippen LogP contribution in [0.15, 0.2) is 33.9 Å². The molecule has 0 aromatic carbocycles.